The van der Waals surface area contributed by atoms with E-state index in [1.54, 1.807) is 0 Å². The zero-order chi connectivity index (χ0) is 16.6. The van der Waals surface area contributed by atoms with Crippen molar-refractivity contribution in [2.75, 3.05) is 13.2 Å². The van der Waals surface area contributed by atoms with E-state index in [1.807, 2.05) is 24.3 Å². The molecular formula is C18H26N4O2. The number of nitrogens with zero attached hydrogens (tertiary/aromatic N) is 1. The van der Waals surface area contributed by atoms with Crippen molar-refractivity contribution in [1.29, 1.82) is 0 Å². The molecule has 0 aliphatic heterocycles. The van der Waals surface area contributed by atoms with Gasteiger partial charge in [-0.3, -0.25) is 0 Å². The quantitative estimate of drug-likeness (QED) is 0.683. The second kappa shape index (κ2) is 8.68. The third kappa shape index (κ3) is 4.96. The van der Waals surface area contributed by atoms with Gasteiger partial charge in [-0.1, -0.05) is 31.4 Å². The van der Waals surface area contributed by atoms with Crippen molar-refractivity contribution in [2.45, 2.75) is 51.2 Å². The summed E-state index contributed by atoms with van der Waals surface area (Å²) in [7, 11) is 0. The lowest BCUT2D eigenvalue weighted by atomic mass is 9.98. The Morgan fingerprint density at radius 1 is 1.21 bits per heavy atom. The van der Waals surface area contributed by atoms with Crippen LogP contribution in [0.4, 0.5) is 4.79 Å². The molecule has 24 heavy (non-hydrogen) atoms. The van der Waals surface area contributed by atoms with E-state index in [2.05, 4.69) is 20.6 Å². The van der Waals surface area contributed by atoms with E-state index >= 15 is 0 Å². The molecule has 0 spiro atoms. The molecule has 1 aromatic heterocycles. The Bertz CT molecular complexity index is 616. The van der Waals surface area contributed by atoms with Crippen LogP contribution in [0.2, 0.25) is 0 Å². The SMILES string of the molecule is O=C(NCCCOC1CCCCC1)NCc1nc2ccccc2[nH]1. The lowest BCUT2D eigenvalue weighted by Crippen LogP contribution is -2.36. The molecule has 3 rings (SSSR count). The van der Waals surface area contributed by atoms with Gasteiger partial charge in [0.15, 0.2) is 0 Å². The molecule has 1 aliphatic rings. The predicted octanol–water partition coefficient (Wildman–Crippen LogP) is 3.10. The number of ether oxygens (including phenoxy) is 1. The number of rotatable bonds is 7. The summed E-state index contributed by atoms with van der Waals surface area (Å²) in [6.07, 6.45) is 7.55. The Balaban J connectivity index is 1.28. The number of carbonyl (C=O) groups excluding carboxylic acids is 1. The standard InChI is InChI=1S/C18H26N4O2/c23-18(19-11-6-12-24-14-7-2-1-3-8-14)20-13-17-21-15-9-4-5-10-16(15)22-17/h4-5,9-10,14H,1-3,6-8,11-13H2,(H,21,22)(H2,19,20,23). The van der Waals surface area contributed by atoms with Gasteiger partial charge in [-0.25, -0.2) is 9.78 Å². The summed E-state index contributed by atoms with van der Waals surface area (Å²) in [6.45, 7) is 1.73. The number of aromatic nitrogens is 2. The van der Waals surface area contributed by atoms with Crippen molar-refractivity contribution in [3.63, 3.8) is 0 Å². The molecule has 2 amide bonds. The summed E-state index contributed by atoms with van der Waals surface area (Å²) in [6, 6.07) is 7.65. The van der Waals surface area contributed by atoms with Crippen LogP contribution in [0.25, 0.3) is 11.0 Å². The van der Waals surface area contributed by atoms with Crippen molar-refractivity contribution in [3.8, 4) is 0 Å². The van der Waals surface area contributed by atoms with E-state index in [4.69, 9.17) is 4.74 Å². The fourth-order valence-electron chi connectivity index (χ4n) is 3.07. The van der Waals surface area contributed by atoms with Gasteiger partial charge in [0.2, 0.25) is 0 Å². The molecule has 6 heteroatoms. The van der Waals surface area contributed by atoms with Gasteiger partial charge in [-0.15, -0.1) is 0 Å². The highest BCUT2D eigenvalue weighted by atomic mass is 16.5. The maximum absolute atomic E-state index is 11.8. The summed E-state index contributed by atoms with van der Waals surface area (Å²) in [5, 5.41) is 5.67. The molecular weight excluding hydrogens is 304 g/mol. The highest BCUT2D eigenvalue weighted by Gasteiger charge is 2.13. The zero-order valence-corrected chi connectivity index (χ0v) is 14.0. The minimum absolute atomic E-state index is 0.173. The molecule has 0 unspecified atom stereocenters. The fraction of sp³-hybridized carbons (Fsp3) is 0.556. The lowest BCUT2D eigenvalue weighted by molar-refractivity contribution is 0.0275. The van der Waals surface area contributed by atoms with Crippen LogP contribution < -0.4 is 10.6 Å². The van der Waals surface area contributed by atoms with Crippen molar-refractivity contribution >= 4 is 17.1 Å². The molecule has 3 N–H and O–H groups in total. The average molecular weight is 330 g/mol. The number of hydrogen-bond acceptors (Lipinski definition) is 3. The monoisotopic (exact) mass is 330 g/mol. The normalized spacial score (nSPS) is 15.5. The summed E-state index contributed by atoms with van der Waals surface area (Å²) >= 11 is 0. The van der Waals surface area contributed by atoms with Crippen LogP contribution >= 0.6 is 0 Å². The van der Waals surface area contributed by atoms with Crippen LogP contribution in [0.3, 0.4) is 0 Å². The Morgan fingerprint density at radius 2 is 2.04 bits per heavy atom. The van der Waals surface area contributed by atoms with E-state index in [0.717, 1.165) is 23.3 Å². The van der Waals surface area contributed by atoms with E-state index < -0.39 is 0 Å². The Kier molecular flexibility index (Phi) is 6.07. The highest BCUT2D eigenvalue weighted by Crippen LogP contribution is 2.20. The Labute approximate surface area is 142 Å². The first-order valence-electron chi connectivity index (χ1n) is 8.88. The van der Waals surface area contributed by atoms with E-state index in [9.17, 15) is 4.79 Å². The number of aromatic amines is 1. The van der Waals surface area contributed by atoms with Gasteiger partial charge >= 0.3 is 6.03 Å². The Hall–Kier alpha value is -2.08. The van der Waals surface area contributed by atoms with Crippen LogP contribution in [-0.4, -0.2) is 35.3 Å². The van der Waals surface area contributed by atoms with Gasteiger partial charge in [-0.2, -0.15) is 0 Å². The number of carbonyl (C=O) groups is 1. The first kappa shape index (κ1) is 16.8. The first-order valence-corrected chi connectivity index (χ1v) is 8.88. The number of fused-ring (bicyclic) bond motifs is 1. The van der Waals surface area contributed by atoms with Crippen LogP contribution in [0.5, 0.6) is 0 Å². The molecule has 0 radical (unpaired) electrons. The second-order valence-corrected chi connectivity index (χ2v) is 6.29. The molecule has 2 aromatic rings. The molecule has 0 atom stereocenters. The largest absolute Gasteiger partial charge is 0.378 e. The molecule has 1 aliphatic carbocycles. The molecule has 1 heterocycles. The highest BCUT2D eigenvalue weighted by molar-refractivity contribution is 5.75. The maximum atomic E-state index is 11.8. The topological polar surface area (TPSA) is 79.0 Å². The molecule has 0 bridgehead atoms. The zero-order valence-electron chi connectivity index (χ0n) is 14.0. The summed E-state index contributed by atoms with van der Waals surface area (Å²) < 4.78 is 5.84. The molecule has 1 saturated carbocycles. The minimum Gasteiger partial charge on any atom is -0.378 e. The van der Waals surface area contributed by atoms with Crippen LogP contribution in [0, 0.1) is 0 Å². The van der Waals surface area contributed by atoms with Crippen LogP contribution in [0.15, 0.2) is 24.3 Å². The maximum Gasteiger partial charge on any atom is 0.315 e. The summed E-state index contributed by atoms with van der Waals surface area (Å²) in [4.78, 5) is 19.4. The molecule has 0 saturated heterocycles. The third-order valence-electron chi connectivity index (χ3n) is 4.37. The molecule has 130 valence electrons. The van der Waals surface area contributed by atoms with Crippen molar-refractivity contribution < 1.29 is 9.53 Å². The van der Waals surface area contributed by atoms with Gasteiger partial charge in [-0.05, 0) is 31.4 Å². The van der Waals surface area contributed by atoms with Gasteiger partial charge in [0.25, 0.3) is 0 Å². The number of H-pyrrole nitrogens is 1. The lowest BCUT2D eigenvalue weighted by Gasteiger charge is -2.21. The molecule has 1 aromatic carbocycles. The number of nitrogens with one attached hydrogen (secondary N) is 3. The van der Waals surface area contributed by atoms with Crippen LogP contribution in [-0.2, 0) is 11.3 Å². The van der Waals surface area contributed by atoms with Gasteiger partial charge in [0, 0.05) is 13.2 Å². The summed E-state index contributed by atoms with van der Waals surface area (Å²) in [5.74, 6) is 0.756. The number of hydrogen-bond donors (Lipinski definition) is 3. The molecule has 6 nitrogen and oxygen atoms in total. The van der Waals surface area contributed by atoms with Crippen molar-refractivity contribution in [1.82, 2.24) is 20.6 Å². The van der Waals surface area contributed by atoms with E-state index in [1.165, 1.54) is 32.1 Å². The third-order valence-corrected chi connectivity index (χ3v) is 4.37. The fourth-order valence-corrected chi connectivity index (χ4v) is 3.07. The second-order valence-electron chi connectivity index (χ2n) is 6.29. The van der Waals surface area contributed by atoms with Gasteiger partial charge in [0.1, 0.15) is 5.82 Å². The smallest absolute Gasteiger partial charge is 0.315 e. The number of para-hydroxylation sites is 2. The number of urea groups is 1. The van der Waals surface area contributed by atoms with Crippen LogP contribution in [0.1, 0.15) is 44.3 Å². The van der Waals surface area contributed by atoms with E-state index in [-0.39, 0.29) is 6.03 Å². The predicted molar refractivity (Wildman–Crippen MR) is 93.8 cm³/mol. The van der Waals surface area contributed by atoms with Gasteiger partial charge < -0.3 is 20.4 Å². The minimum atomic E-state index is -0.173. The van der Waals surface area contributed by atoms with Crippen molar-refractivity contribution in [2.24, 2.45) is 0 Å². The van der Waals surface area contributed by atoms with Crippen molar-refractivity contribution in [3.05, 3.63) is 30.1 Å². The number of amides is 2. The Morgan fingerprint density at radius 3 is 2.88 bits per heavy atom. The van der Waals surface area contributed by atoms with E-state index in [0.29, 0.717) is 25.8 Å². The number of imidazole rings is 1. The average Bonchev–Trinajstić information content (AvgIpc) is 3.03. The first-order chi connectivity index (χ1) is 11.8. The number of benzene rings is 1. The van der Waals surface area contributed by atoms with Gasteiger partial charge in [0.05, 0.1) is 23.7 Å². The summed E-state index contributed by atoms with van der Waals surface area (Å²) in [5.41, 5.74) is 1.89. The molecule has 1 fully saturated rings.